The van der Waals surface area contributed by atoms with Crippen molar-refractivity contribution in [1.82, 2.24) is 5.32 Å². The van der Waals surface area contributed by atoms with E-state index < -0.39 is 24.5 Å². The maximum atomic E-state index is 13.2. The molecular formula is C24H21Cl2NO5. The number of carbonyl (C=O) groups is 3. The Morgan fingerprint density at radius 1 is 0.906 bits per heavy atom. The zero-order valence-corrected chi connectivity index (χ0v) is 19.2. The summed E-state index contributed by atoms with van der Waals surface area (Å²) in [6.07, 6.45) is 0. The largest absolute Gasteiger partial charge is 0.466 e. The molecule has 1 aliphatic rings. The van der Waals surface area contributed by atoms with Gasteiger partial charge in [0.05, 0.1) is 34.2 Å². The van der Waals surface area contributed by atoms with E-state index in [2.05, 4.69) is 5.32 Å². The molecule has 0 saturated carbocycles. The summed E-state index contributed by atoms with van der Waals surface area (Å²) in [5.74, 6) is -2.63. The van der Waals surface area contributed by atoms with Gasteiger partial charge in [-0.1, -0.05) is 65.7 Å². The molecule has 0 bridgehead atoms. The van der Waals surface area contributed by atoms with E-state index >= 15 is 0 Å². The number of allylic oxidation sites excluding steroid dienone is 2. The monoisotopic (exact) mass is 473 g/mol. The highest BCUT2D eigenvalue weighted by Crippen LogP contribution is 2.43. The van der Waals surface area contributed by atoms with Crippen LogP contribution in [0.2, 0.25) is 10.0 Å². The molecule has 1 N–H and O–H groups in total. The molecule has 6 nitrogen and oxygen atoms in total. The zero-order chi connectivity index (χ0) is 23.4. The third-order valence-corrected chi connectivity index (χ3v) is 5.94. The predicted molar refractivity (Wildman–Crippen MR) is 121 cm³/mol. The number of hydrogen-bond donors (Lipinski definition) is 1. The Bertz CT molecular complexity index is 1140. The molecule has 2 aromatic carbocycles. The second kappa shape index (κ2) is 10.0. The van der Waals surface area contributed by atoms with Gasteiger partial charge in [0.15, 0.2) is 12.4 Å². The van der Waals surface area contributed by atoms with Gasteiger partial charge in [0, 0.05) is 17.0 Å². The first-order valence-corrected chi connectivity index (χ1v) is 10.5. The smallest absolute Gasteiger partial charge is 0.337 e. The first-order chi connectivity index (χ1) is 15.3. The summed E-state index contributed by atoms with van der Waals surface area (Å²) in [7, 11) is 1.25. The Morgan fingerprint density at radius 3 is 2.16 bits per heavy atom. The van der Waals surface area contributed by atoms with Crippen molar-refractivity contribution in [1.29, 1.82) is 0 Å². The normalized spacial score (nSPS) is 15.8. The summed E-state index contributed by atoms with van der Waals surface area (Å²) in [6, 6.07) is 13.5. The van der Waals surface area contributed by atoms with Crippen LogP contribution in [0.25, 0.3) is 0 Å². The second-order valence-corrected chi connectivity index (χ2v) is 7.92. The molecule has 0 amide bonds. The van der Waals surface area contributed by atoms with Crippen LogP contribution in [-0.2, 0) is 19.1 Å². The number of carbonyl (C=O) groups excluding carboxylic acids is 3. The van der Waals surface area contributed by atoms with Crippen molar-refractivity contribution in [2.75, 3.05) is 13.7 Å². The molecule has 32 heavy (non-hydrogen) atoms. The van der Waals surface area contributed by atoms with Crippen molar-refractivity contribution in [2.45, 2.75) is 19.8 Å². The van der Waals surface area contributed by atoms with Crippen LogP contribution < -0.4 is 5.32 Å². The number of methoxy groups -OCH3 is 1. The van der Waals surface area contributed by atoms with Gasteiger partial charge in [-0.3, -0.25) is 4.79 Å². The van der Waals surface area contributed by atoms with E-state index in [1.54, 1.807) is 62.4 Å². The molecule has 0 radical (unpaired) electrons. The maximum Gasteiger partial charge on any atom is 0.337 e. The third-order valence-electron chi connectivity index (χ3n) is 5.11. The highest BCUT2D eigenvalue weighted by Gasteiger charge is 2.39. The quantitative estimate of drug-likeness (QED) is 0.477. The van der Waals surface area contributed by atoms with Crippen molar-refractivity contribution >= 4 is 40.9 Å². The molecule has 8 heteroatoms. The lowest BCUT2D eigenvalue weighted by Crippen LogP contribution is -2.33. The molecule has 0 fully saturated rings. The topological polar surface area (TPSA) is 81.7 Å². The fourth-order valence-corrected chi connectivity index (χ4v) is 4.03. The highest BCUT2D eigenvalue weighted by atomic mass is 35.5. The minimum Gasteiger partial charge on any atom is -0.466 e. The number of halogens is 2. The number of ketones is 1. The van der Waals surface area contributed by atoms with Crippen LogP contribution in [0.1, 0.15) is 35.7 Å². The van der Waals surface area contributed by atoms with E-state index in [9.17, 15) is 14.4 Å². The summed E-state index contributed by atoms with van der Waals surface area (Å²) in [4.78, 5) is 38.2. The highest BCUT2D eigenvalue weighted by molar-refractivity contribution is 6.42. The van der Waals surface area contributed by atoms with E-state index in [4.69, 9.17) is 32.7 Å². The average molecular weight is 474 g/mol. The number of rotatable bonds is 6. The lowest BCUT2D eigenvalue weighted by molar-refractivity contribution is -0.138. The second-order valence-electron chi connectivity index (χ2n) is 7.14. The van der Waals surface area contributed by atoms with Gasteiger partial charge < -0.3 is 14.8 Å². The van der Waals surface area contributed by atoms with E-state index in [0.29, 0.717) is 22.5 Å². The Hall–Kier alpha value is -3.09. The van der Waals surface area contributed by atoms with Crippen LogP contribution in [0.15, 0.2) is 71.1 Å². The van der Waals surface area contributed by atoms with Crippen molar-refractivity contribution in [3.05, 3.63) is 92.2 Å². The zero-order valence-electron chi connectivity index (χ0n) is 17.7. The van der Waals surface area contributed by atoms with Crippen molar-refractivity contribution in [2.24, 2.45) is 0 Å². The van der Waals surface area contributed by atoms with Gasteiger partial charge in [0.1, 0.15) is 0 Å². The minimum absolute atomic E-state index is 0.140. The molecule has 3 rings (SSSR count). The Morgan fingerprint density at radius 2 is 1.53 bits per heavy atom. The lowest BCUT2D eigenvalue weighted by Gasteiger charge is -2.30. The summed E-state index contributed by atoms with van der Waals surface area (Å²) in [5.41, 5.74) is 2.18. The first kappa shape index (κ1) is 23.6. The van der Waals surface area contributed by atoms with Crippen LogP contribution in [-0.4, -0.2) is 31.4 Å². The van der Waals surface area contributed by atoms with Gasteiger partial charge in [-0.2, -0.15) is 0 Å². The molecule has 0 saturated heterocycles. The van der Waals surface area contributed by atoms with Gasteiger partial charge >= 0.3 is 11.9 Å². The predicted octanol–water partition coefficient (Wildman–Crippen LogP) is 4.83. The third kappa shape index (κ3) is 4.71. The summed E-state index contributed by atoms with van der Waals surface area (Å²) < 4.78 is 10.3. The van der Waals surface area contributed by atoms with Crippen LogP contribution in [0.3, 0.4) is 0 Å². The van der Waals surface area contributed by atoms with Gasteiger partial charge in [0.25, 0.3) is 0 Å². The molecule has 0 aromatic heterocycles. The number of ether oxygens (including phenoxy) is 2. The van der Waals surface area contributed by atoms with Crippen LogP contribution in [0.5, 0.6) is 0 Å². The van der Waals surface area contributed by atoms with E-state index in [1.807, 2.05) is 0 Å². The van der Waals surface area contributed by atoms with Gasteiger partial charge in [0.2, 0.25) is 0 Å². The molecule has 1 unspecified atom stereocenters. The number of hydrogen-bond acceptors (Lipinski definition) is 6. The standard InChI is InChI=1S/C24H21Cl2NO5/c1-13-19(23(29)31-3)21(16-10-7-11-17(25)22(16)26)20(14(2)27-13)24(30)32-12-18(28)15-8-5-4-6-9-15/h4-11,21,27H,12H2,1-3H3. The number of benzene rings is 2. The number of esters is 2. The van der Waals surface area contributed by atoms with Crippen molar-refractivity contribution < 1.29 is 23.9 Å². The summed E-state index contributed by atoms with van der Waals surface area (Å²) >= 11 is 12.7. The Labute approximate surface area is 195 Å². The lowest BCUT2D eigenvalue weighted by atomic mass is 9.80. The van der Waals surface area contributed by atoms with Gasteiger partial charge in [-0.05, 0) is 25.5 Å². The molecule has 166 valence electrons. The molecule has 0 spiro atoms. The molecule has 1 heterocycles. The average Bonchev–Trinajstić information content (AvgIpc) is 2.78. The van der Waals surface area contributed by atoms with Crippen molar-refractivity contribution in [3.8, 4) is 0 Å². The summed E-state index contributed by atoms with van der Waals surface area (Å²) in [5, 5.41) is 3.50. The van der Waals surface area contributed by atoms with Crippen LogP contribution >= 0.6 is 23.2 Å². The molecule has 0 aliphatic carbocycles. The minimum atomic E-state index is -0.894. The fourth-order valence-electron chi connectivity index (χ4n) is 3.62. The SMILES string of the molecule is COC(=O)C1=C(C)NC(C)=C(C(=O)OCC(=O)c2ccccc2)C1c1cccc(Cl)c1Cl. The number of Topliss-reactive ketones (excluding diaryl/α,β-unsaturated/α-hetero) is 1. The Kier molecular flexibility index (Phi) is 7.38. The van der Waals surface area contributed by atoms with E-state index in [-0.39, 0.29) is 27.0 Å². The Balaban J connectivity index is 2.00. The van der Waals surface area contributed by atoms with Crippen LogP contribution in [0.4, 0.5) is 0 Å². The molecule has 1 aliphatic heterocycles. The number of nitrogens with one attached hydrogen (secondary N) is 1. The van der Waals surface area contributed by atoms with E-state index in [1.165, 1.54) is 7.11 Å². The maximum absolute atomic E-state index is 13.2. The first-order valence-electron chi connectivity index (χ1n) is 9.72. The molecular weight excluding hydrogens is 453 g/mol. The molecule has 1 atom stereocenters. The van der Waals surface area contributed by atoms with Crippen molar-refractivity contribution in [3.63, 3.8) is 0 Å². The van der Waals surface area contributed by atoms with Crippen LogP contribution in [0, 0.1) is 0 Å². The summed E-state index contributed by atoms with van der Waals surface area (Å²) in [6.45, 7) is 2.92. The van der Waals surface area contributed by atoms with E-state index in [0.717, 1.165) is 0 Å². The molecule has 2 aromatic rings. The van der Waals surface area contributed by atoms with Gasteiger partial charge in [-0.25, -0.2) is 9.59 Å². The fraction of sp³-hybridized carbons (Fsp3) is 0.208. The number of dihydropyridines is 1. The van der Waals surface area contributed by atoms with Gasteiger partial charge in [-0.15, -0.1) is 0 Å².